The lowest BCUT2D eigenvalue weighted by Gasteiger charge is -2.11. The molecule has 0 fully saturated rings. The van der Waals surface area contributed by atoms with Gasteiger partial charge in [-0.05, 0) is 30.5 Å². The van der Waals surface area contributed by atoms with Crippen LogP contribution in [0.5, 0.6) is 0 Å². The predicted molar refractivity (Wildman–Crippen MR) is 72.4 cm³/mol. The standard InChI is InChI=1S/C14H19NO4/c1-9(8-19-3)6-13(16)15-11-5-4-10(2)12(7-11)14(17)18/h4-5,7,9H,6,8H2,1-3H3,(H,15,16)(H,17,18). The molecule has 0 heterocycles. The largest absolute Gasteiger partial charge is 0.478 e. The lowest BCUT2D eigenvalue weighted by atomic mass is 10.1. The number of aryl methyl sites for hydroxylation is 1. The third-order valence-electron chi connectivity index (χ3n) is 2.74. The number of ether oxygens (including phenoxy) is 1. The second kappa shape index (κ2) is 6.89. The van der Waals surface area contributed by atoms with Crippen molar-refractivity contribution in [2.75, 3.05) is 19.0 Å². The predicted octanol–water partition coefficient (Wildman–Crippen LogP) is 2.30. The first-order chi connectivity index (χ1) is 8.93. The van der Waals surface area contributed by atoms with Crippen molar-refractivity contribution >= 4 is 17.6 Å². The van der Waals surface area contributed by atoms with Gasteiger partial charge in [0.1, 0.15) is 0 Å². The van der Waals surface area contributed by atoms with Crippen LogP contribution in [0.25, 0.3) is 0 Å². The number of amides is 1. The molecule has 1 aromatic rings. The quantitative estimate of drug-likeness (QED) is 0.827. The SMILES string of the molecule is COCC(C)CC(=O)Nc1ccc(C)c(C(=O)O)c1. The molecule has 0 aliphatic carbocycles. The van der Waals surface area contributed by atoms with Crippen LogP contribution in [-0.4, -0.2) is 30.7 Å². The molecule has 19 heavy (non-hydrogen) atoms. The van der Waals surface area contributed by atoms with Gasteiger partial charge in [0.25, 0.3) is 0 Å². The van der Waals surface area contributed by atoms with Gasteiger partial charge in [-0.1, -0.05) is 13.0 Å². The minimum Gasteiger partial charge on any atom is -0.478 e. The molecule has 0 saturated carbocycles. The number of carbonyl (C=O) groups is 2. The van der Waals surface area contributed by atoms with Crippen LogP contribution in [0.4, 0.5) is 5.69 Å². The van der Waals surface area contributed by atoms with Crippen molar-refractivity contribution in [3.05, 3.63) is 29.3 Å². The van der Waals surface area contributed by atoms with E-state index in [1.54, 1.807) is 26.2 Å². The molecule has 1 rings (SSSR count). The van der Waals surface area contributed by atoms with Crippen molar-refractivity contribution in [2.24, 2.45) is 5.92 Å². The molecule has 1 unspecified atom stereocenters. The van der Waals surface area contributed by atoms with E-state index in [1.165, 1.54) is 6.07 Å². The number of nitrogens with one attached hydrogen (secondary N) is 1. The van der Waals surface area contributed by atoms with E-state index in [2.05, 4.69) is 5.32 Å². The van der Waals surface area contributed by atoms with E-state index in [-0.39, 0.29) is 17.4 Å². The van der Waals surface area contributed by atoms with Crippen molar-refractivity contribution < 1.29 is 19.4 Å². The first kappa shape index (κ1) is 15.2. The molecule has 1 aromatic carbocycles. The highest BCUT2D eigenvalue weighted by atomic mass is 16.5. The summed E-state index contributed by atoms with van der Waals surface area (Å²) in [5.74, 6) is -1.03. The Morgan fingerprint density at radius 3 is 2.68 bits per heavy atom. The van der Waals surface area contributed by atoms with E-state index in [4.69, 9.17) is 9.84 Å². The zero-order chi connectivity index (χ0) is 14.4. The van der Waals surface area contributed by atoms with Gasteiger partial charge in [0, 0.05) is 25.8 Å². The number of hydrogen-bond acceptors (Lipinski definition) is 3. The normalized spacial score (nSPS) is 11.9. The van der Waals surface area contributed by atoms with Crippen LogP contribution in [0, 0.1) is 12.8 Å². The van der Waals surface area contributed by atoms with E-state index < -0.39 is 5.97 Å². The van der Waals surface area contributed by atoms with Gasteiger partial charge in [-0.15, -0.1) is 0 Å². The molecule has 1 atom stereocenters. The van der Waals surface area contributed by atoms with Crippen LogP contribution in [0.1, 0.15) is 29.3 Å². The van der Waals surface area contributed by atoms with Crippen molar-refractivity contribution in [2.45, 2.75) is 20.3 Å². The van der Waals surface area contributed by atoms with Gasteiger partial charge < -0.3 is 15.2 Å². The summed E-state index contributed by atoms with van der Waals surface area (Å²) in [6.45, 7) is 4.15. The molecular weight excluding hydrogens is 246 g/mol. The molecule has 1 amide bonds. The molecule has 0 saturated heterocycles. The number of rotatable bonds is 6. The van der Waals surface area contributed by atoms with Gasteiger partial charge in [-0.3, -0.25) is 4.79 Å². The fourth-order valence-electron chi connectivity index (χ4n) is 1.80. The summed E-state index contributed by atoms with van der Waals surface area (Å²) in [7, 11) is 1.59. The maximum Gasteiger partial charge on any atom is 0.336 e. The van der Waals surface area contributed by atoms with E-state index in [9.17, 15) is 9.59 Å². The fraction of sp³-hybridized carbons (Fsp3) is 0.429. The maximum absolute atomic E-state index is 11.7. The first-order valence-electron chi connectivity index (χ1n) is 6.06. The molecule has 0 aliphatic rings. The molecule has 0 radical (unpaired) electrons. The Morgan fingerprint density at radius 2 is 2.11 bits per heavy atom. The van der Waals surface area contributed by atoms with Crippen LogP contribution in [0.3, 0.4) is 0 Å². The lowest BCUT2D eigenvalue weighted by Crippen LogP contribution is -2.17. The molecule has 0 aliphatic heterocycles. The number of carbonyl (C=O) groups excluding carboxylic acids is 1. The number of aromatic carboxylic acids is 1. The van der Waals surface area contributed by atoms with E-state index in [1.807, 2.05) is 6.92 Å². The van der Waals surface area contributed by atoms with E-state index in [0.717, 1.165) is 0 Å². The number of methoxy groups -OCH3 is 1. The Balaban J connectivity index is 2.69. The van der Waals surface area contributed by atoms with E-state index in [0.29, 0.717) is 24.3 Å². The van der Waals surface area contributed by atoms with E-state index >= 15 is 0 Å². The third-order valence-corrected chi connectivity index (χ3v) is 2.74. The van der Waals surface area contributed by atoms with Crippen LogP contribution < -0.4 is 5.32 Å². The summed E-state index contributed by atoms with van der Waals surface area (Å²) < 4.78 is 4.96. The van der Waals surface area contributed by atoms with Gasteiger partial charge in [0.15, 0.2) is 0 Å². The highest BCUT2D eigenvalue weighted by Crippen LogP contribution is 2.16. The molecule has 5 nitrogen and oxygen atoms in total. The molecule has 0 aromatic heterocycles. The zero-order valence-corrected chi connectivity index (χ0v) is 11.4. The molecule has 0 bridgehead atoms. The molecule has 2 N–H and O–H groups in total. The summed E-state index contributed by atoms with van der Waals surface area (Å²) in [6, 6.07) is 4.84. The summed E-state index contributed by atoms with van der Waals surface area (Å²) in [4.78, 5) is 22.7. The van der Waals surface area contributed by atoms with Crippen LogP contribution in [0.15, 0.2) is 18.2 Å². The topological polar surface area (TPSA) is 75.6 Å². The number of carboxylic acid groups (broad SMARTS) is 1. The van der Waals surface area contributed by atoms with Crippen LogP contribution in [0.2, 0.25) is 0 Å². The number of hydrogen-bond donors (Lipinski definition) is 2. The second-order valence-electron chi connectivity index (χ2n) is 4.65. The summed E-state index contributed by atoms with van der Waals surface area (Å²) >= 11 is 0. The minimum atomic E-state index is -0.999. The van der Waals surface area contributed by atoms with Crippen LogP contribution >= 0.6 is 0 Å². The van der Waals surface area contributed by atoms with Crippen molar-refractivity contribution in [3.63, 3.8) is 0 Å². The van der Waals surface area contributed by atoms with Crippen molar-refractivity contribution in [1.29, 1.82) is 0 Å². The van der Waals surface area contributed by atoms with Crippen LogP contribution in [-0.2, 0) is 9.53 Å². The maximum atomic E-state index is 11.7. The first-order valence-corrected chi connectivity index (χ1v) is 6.06. The Kier molecular flexibility index (Phi) is 5.51. The fourth-order valence-corrected chi connectivity index (χ4v) is 1.80. The monoisotopic (exact) mass is 265 g/mol. The second-order valence-corrected chi connectivity index (χ2v) is 4.65. The third kappa shape index (κ3) is 4.71. The lowest BCUT2D eigenvalue weighted by molar-refractivity contribution is -0.117. The number of benzene rings is 1. The van der Waals surface area contributed by atoms with Gasteiger partial charge in [-0.25, -0.2) is 4.79 Å². The van der Waals surface area contributed by atoms with Gasteiger partial charge in [0.05, 0.1) is 5.56 Å². The number of carboxylic acids is 1. The average Bonchev–Trinajstić information content (AvgIpc) is 2.31. The Labute approximate surface area is 112 Å². The number of anilines is 1. The molecule has 104 valence electrons. The molecule has 5 heteroatoms. The zero-order valence-electron chi connectivity index (χ0n) is 11.4. The Bertz CT molecular complexity index is 471. The van der Waals surface area contributed by atoms with Crippen molar-refractivity contribution in [1.82, 2.24) is 0 Å². The minimum absolute atomic E-state index is 0.120. The smallest absolute Gasteiger partial charge is 0.336 e. The summed E-state index contributed by atoms with van der Waals surface area (Å²) in [5.41, 5.74) is 1.36. The Hall–Kier alpha value is -1.88. The Morgan fingerprint density at radius 1 is 1.42 bits per heavy atom. The van der Waals surface area contributed by atoms with Gasteiger partial charge in [0.2, 0.25) is 5.91 Å². The molecule has 0 spiro atoms. The summed E-state index contributed by atoms with van der Waals surface area (Å²) in [5, 5.41) is 11.7. The highest BCUT2D eigenvalue weighted by Gasteiger charge is 2.12. The van der Waals surface area contributed by atoms with Crippen molar-refractivity contribution in [3.8, 4) is 0 Å². The summed E-state index contributed by atoms with van der Waals surface area (Å²) in [6.07, 6.45) is 0.337. The average molecular weight is 265 g/mol. The van der Waals surface area contributed by atoms with Gasteiger partial charge in [-0.2, -0.15) is 0 Å². The molecular formula is C14H19NO4. The van der Waals surface area contributed by atoms with Gasteiger partial charge >= 0.3 is 5.97 Å². The highest BCUT2D eigenvalue weighted by molar-refractivity contribution is 5.94.